The minimum Gasteiger partial charge on any atom is -0.310 e. The second-order valence-electron chi connectivity index (χ2n) is 6.09. The van der Waals surface area contributed by atoms with Gasteiger partial charge in [0.2, 0.25) is 10.0 Å². The molecule has 0 amide bonds. The van der Waals surface area contributed by atoms with Crippen LogP contribution in [0.4, 0.5) is 0 Å². The zero-order chi connectivity index (χ0) is 14.3. The van der Waals surface area contributed by atoms with Crippen molar-refractivity contribution < 1.29 is 8.42 Å². The molecule has 0 radical (unpaired) electrons. The first-order valence-corrected chi connectivity index (χ1v) is 8.80. The predicted octanol–water partition coefficient (Wildman–Crippen LogP) is 2.00. The molecule has 2 N–H and O–H groups in total. The molecule has 0 saturated heterocycles. The molecule has 1 aromatic rings. The Kier molecular flexibility index (Phi) is 3.60. The van der Waals surface area contributed by atoms with Gasteiger partial charge in [-0.2, -0.15) is 0 Å². The maximum atomic E-state index is 12.4. The molecule has 20 heavy (non-hydrogen) atoms. The summed E-state index contributed by atoms with van der Waals surface area (Å²) in [6.45, 7) is 4.61. The van der Waals surface area contributed by atoms with Crippen LogP contribution in [0.2, 0.25) is 0 Å². The van der Waals surface area contributed by atoms with Crippen molar-refractivity contribution in [2.45, 2.75) is 63.1 Å². The number of sulfonamides is 1. The fourth-order valence-electron chi connectivity index (χ4n) is 2.31. The van der Waals surface area contributed by atoms with Gasteiger partial charge in [0.1, 0.15) is 0 Å². The third-order valence-corrected chi connectivity index (χ3v) is 5.69. The lowest BCUT2D eigenvalue weighted by Gasteiger charge is -2.14. The van der Waals surface area contributed by atoms with Crippen LogP contribution in [0.15, 0.2) is 17.0 Å². The van der Waals surface area contributed by atoms with Crippen molar-refractivity contribution in [1.82, 2.24) is 10.0 Å². The van der Waals surface area contributed by atoms with E-state index in [9.17, 15) is 8.42 Å². The highest BCUT2D eigenvalue weighted by atomic mass is 32.2. The lowest BCUT2D eigenvalue weighted by atomic mass is 10.1. The second-order valence-corrected chi connectivity index (χ2v) is 7.77. The fraction of sp³-hybridized carbons (Fsp3) is 0.600. The molecule has 0 atom stereocenters. The Labute approximate surface area is 121 Å². The van der Waals surface area contributed by atoms with E-state index in [-0.39, 0.29) is 6.04 Å². The summed E-state index contributed by atoms with van der Waals surface area (Å²) in [6, 6.07) is 4.68. The van der Waals surface area contributed by atoms with Gasteiger partial charge in [0.05, 0.1) is 4.90 Å². The van der Waals surface area contributed by atoms with Crippen LogP contribution in [0, 0.1) is 13.8 Å². The number of hydrogen-bond donors (Lipinski definition) is 2. The molecule has 110 valence electrons. The summed E-state index contributed by atoms with van der Waals surface area (Å²) >= 11 is 0. The van der Waals surface area contributed by atoms with Gasteiger partial charge >= 0.3 is 0 Å². The SMILES string of the molecule is Cc1cc(CNC2CC2)cc(S(=O)(=O)NC2CC2)c1C. The summed E-state index contributed by atoms with van der Waals surface area (Å²) in [7, 11) is -3.37. The van der Waals surface area contributed by atoms with E-state index >= 15 is 0 Å². The van der Waals surface area contributed by atoms with Crippen molar-refractivity contribution in [2.75, 3.05) is 0 Å². The van der Waals surface area contributed by atoms with Gasteiger partial charge in [-0.25, -0.2) is 13.1 Å². The Bertz CT molecular complexity index is 617. The summed E-state index contributed by atoms with van der Waals surface area (Å²) in [5, 5.41) is 3.44. The molecule has 4 nitrogen and oxygen atoms in total. The van der Waals surface area contributed by atoms with Gasteiger partial charge in [-0.05, 0) is 62.3 Å². The molecule has 0 heterocycles. The van der Waals surface area contributed by atoms with Crippen LogP contribution in [0.1, 0.15) is 42.4 Å². The maximum Gasteiger partial charge on any atom is 0.241 e. The molecule has 0 aliphatic heterocycles. The normalized spacial score (nSPS) is 19.3. The molecule has 0 bridgehead atoms. The zero-order valence-electron chi connectivity index (χ0n) is 12.1. The Morgan fingerprint density at radius 3 is 2.35 bits per heavy atom. The van der Waals surface area contributed by atoms with Gasteiger partial charge in [-0.1, -0.05) is 6.07 Å². The van der Waals surface area contributed by atoms with Gasteiger partial charge in [0.15, 0.2) is 0 Å². The molecule has 0 aromatic heterocycles. The lowest BCUT2D eigenvalue weighted by Crippen LogP contribution is -2.27. The molecule has 2 fully saturated rings. The summed E-state index contributed by atoms with van der Waals surface area (Å²) in [5.74, 6) is 0. The topological polar surface area (TPSA) is 58.2 Å². The van der Waals surface area contributed by atoms with Crippen LogP contribution in [-0.4, -0.2) is 20.5 Å². The van der Waals surface area contributed by atoms with E-state index in [4.69, 9.17) is 0 Å². The van der Waals surface area contributed by atoms with Crippen LogP contribution >= 0.6 is 0 Å². The van der Waals surface area contributed by atoms with Crippen molar-refractivity contribution in [2.24, 2.45) is 0 Å². The number of hydrogen-bond acceptors (Lipinski definition) is 3. The quantitative estimate of drug-likeness (QED) is 0.843. The van der Waals surface area contributed by atoms with Crippen molar-refractivity contribution in [3.05, 3.63) is 28.8 Å². The van der Waals surface area contributed by atoms with Crippen LogP contribution in [-0.2, 0) is 16.6 Å². The smallest absolute Gasteiger partial charge is 0.241 e. The number of rotatable bonds is 6. The largest absolute Gasteiger partial charge is 0.310 e. The average molecular weight is 294 g/mol. The van der Waals surface area contributed by atoms with E-state index in [1.165, 1.54) is 12.8 Å². The van der Waals surface area contributed by atoms with E-state index in [0.29, 0.717) is 10.9 Å². The molecular weight excluding hydrogens is 272 g/mol. The van der Waals surface area contributed by atoms with E-state index in [1.54, 1.807) is 0 Å². The van der Waals surface area contributed by atoms with Crippen molar-refractivity contribution >= 4 is 10.0 Å². The van der Waals surface area contributed by atoms with Crippen LogP contribution in [0.5, 0.6) is 0 Å². The van der Waals surface area contributed by atoms with Gasteiger partial charge in [-0.15, -0.1) is 0 Å². The summed E-state index contributed by atoms with van der Waals surface area (Å²) in [6.07, 6.45) is 4.39. The number of benzene rings is 1. The first-order chi connectivity index (χ1) is 9.45. The van der Waals surface area contributed by atoms with Crippen molar-refractivity contribution in [3.63, 3.8) is 0 Å². The Balaban J connectivity index is 1.86. The maximum absolute atomic E-state index is 12.4. The first kappa shape index (κ1) is 14.0. The third-order valence-electron chi connectivity index (χ3n) is 4.04. The monoisotopic (exact) mass is 294 g/mol. The van der Waals surface area contributed by atoms with Crippen LogP contribution in [0.3, 0.4) is 0 Å². The molecule has 2 aliphatic rings. The van der Waals surface area contributed by atoms with E-state index < -0.39 is 10.0 Å². The van der Waals surface area contributed by atoms with E-state index in [2.05, 4.69) is 16.1 Å². The van der Waals surface area contributed by atoms with Gasteiger partial charge in [0, 0.05) is 18.6 Å². The molecule has 2 saturated carbocycles. The Morgan fingerprint density at radius 1 is 1.10 bits per heavy atom. The molecule has 5 heteroatoms. The Morgan fingerprint density at radius 2 is 1.75 bits per heavy atom. The summed E-state index contributed by atoms with van der Waals surface area (Å²) < 4.78 is 27.6. The van der Waals surface area contributed by atoms with Crippen molar-refractivity contribution in [3.8, 4) is 0 Å². The number of aryl methyl sites for hydroxylation is 1. The standard InChI is InChI=1S/C15H22N2O2S/c1-10-7-12(9-16-13-3-4-13)8-15(11(10)2)20(18,19)17-14-5-6-14/h7-8,13-14,16-17H,3-6,9H2,1-2H3. The first-order valence-electron chi connectivity index (χ1n) is 7.31. The highest BCUT2D eigenvalue weighted by molar-refractivity contribution is 7.89. The molecule has 3 rings (SSSR count). The van der Waals surface area contributed by atoms with E-state index in [1.807, 2.05) is 19.9 Å². The van der Waals surface area contributed by atoms with Gasteiger partial charge in [0.25, 0.3) is 0 Å². The predicted molar refractivity (Wildman–Crippen MR) is 79.1 cm³/mol. The summed E-state index contributed by atoms with van der Waals surface area (Å²) in [4.78, 5) is 0.442. The molecule has 1 aromatic carbocycles. The minimum absolute atomic E-state index is 0.146. The fourth-order valence-corrected chi connectivity index (χ4v) is 3.99. The lowest BCUT2D eigenvalue weighted by molar-refractivity contribution is 0.580. The second kappa shape index (κ2) is 5.13. The van der Waals surface area contributed by atoms with Crippen molar-refractivity contribution in [1.29, 1.82) is 0 Å². The molecule has 2 aliphatic carbocycles. The highest BCUT2D eigenvalue weighted by Gasteiger charge is 2.29. The zero-order valence-corrected chi connectivity index (χ0v) is 12.9. The van der Waals surface area contributed by atoms with Crippen LogP contribution in [0.25, 0.3) is 0 Å². The summed E-state index contributed by atoms with van der Waals surface area (Å²) in [5.41, 5.74) is 2.95. The molecule has 0 unspecified atom stereocenters. The Hall–Kier alpha value is -0.910. The van der Waals surface area contributed by atoms with Gasteiger partial charge in [-0.3, -0.25) is 0 Å². The number of nitrogens with one attached hydrogen (secondary N) is 2. The highest BCUT2D eigenvalue weighted by Crippen LogP contribution is 2.26. The molecular formula is C15H22N2O2S. The van der Waals surface area contributed by atoms with E-state index in [0.717, 1.165) is 36.1 Å². The average Bonchev–Trinajstić information content (AvgIpc) is 3.23. The van der Waals surface area contributed by atoms with Gasteiger partial charge < -0.3 is 5.32 Å². The molecule has 0 spiro atoms. The van der Waals surface area contributed by atoms with Crippen LogP contribution < -0.4 is 10.0 Å². The third kappa shape index (κ3) is 3.22. The minimum atomic E-state index is -3.37.